The van der Waals surface area contributed by atoms with Gasteiger partial charge in [-0.1, -0.05) is 33.1 Å². The van der Waals surface area contributed by atoms with E-state index in [0.29, 0.717) is 12.0 Å². The van der Waals surface area contributed by atoms with Crippen molar-refractivity contribution in [2.75, 3.05) is 6.54 Å². The van der Waals surface area contributed by atoms with Gasteiger partial charge in [0, 0.05) is 24.9 Å². The second-order valence-corrected chi connectivity index (χ2v) is 7.12. The Kier molecular flexibility index (Phi) is 4.31. The minimum atomic E-state index is -0.482. The van der Waals surface area contributed by atoms with E-state index in [1.807, 2.05) is 0 Å². The van der Waals surface area contributed by atoms with Gasteiger partial charge in [-0.2, -0.15) is 5.10 Å². The first kappa shape index (κ1) is 15.0. The lowest BCUT2D eigenvalue weighted by Gasteiger charge is -2.34. The molecule has 1 atom stereocenters. The highest BCUT2D eigenvalue weighted by molar-refractivity contribution is 5.01. The Morgan fingerprint density at radius 2 is 2.10 bits per heavy atom. The van der Waals surface area contributed by atoms with Gasteiger partial charge in [-0.15, -0.1) is 0 Å². The van der Waals surface area contributed by atoms with Crippen LogP contribution in [0.25, 0.3) is 0 Å². The van der Waals surface area contributed by atoms with E-state index in [1.54, 1.807) is 0 Å². The van der Waals surface area contributed by atoms with Gasteiger partial charge in [0.15, 0.2) is 5.82 Å². The minimum Gasteiger partial charge on any atom is -0.389 e. The molecule has 1 aromatic heterocycles. The maximum Gasteiger partial charge on any atom is 0.153 e. The second-order valence-electron chi connectivity index (χ2n) is 7.12. The molecule has 0 bridgehead atoms. The normalized spacial score (nSPS) is 25.0. The van der Waals surface area contributed by atoms with Crippen molar-refractivity contribution in [2.45, 2.75) is 82.9 Å². The van der Waals surface area contributed by atoms with Gasteiger partial charge in [0.2, 0.25) is 0 Å². The molecular formula is C16H28N4O. The summed E-state index contributed by atoms with van der Waals surface area (Å²) in [5, 5.41) is 18.8. The van der Waals surface area contributed by atoms with Gasteiger partial charge in [-0.05, 0) is 19.3 Å². The van der Waals surface area contributed by atoms with Crippen LogP contribution in [0.5, 0.6) is 0 Å². The van der Waals surface area contributed by atoms with Crippen LogP contribution in [0.1, 0.15) is 69.9 Å². The molecule has 1 aliphatic carbocycles. The predicted octanol–water partition coefficient (Wildman–Crippen LogP) is 2.00. The second kappa shape index (κ2) is 6.05. The van der Waals surface area contributed by atoms with Crippen molar-refractivity contribution < 1.29 is 5.11 Å². The number of aryl methyl sites for hydroxylation is 1. The molecule has 0 spiro atoms. The lowest BCUT2D eigenvalue weighted by Crippen LogP contribution is -2.48. The Bertz CT molecular complexity index is 477. The van der Waals surface area contributed by atoms with Crippen molar-refractivity contribution in [2.24, 2.45) is 0 Å². The van der Waals surface area contributed by atoms with Crippen LogP contribution in [0.2, 0.25) is 0 Å². The topological polar surface area (TPSA) is 63.0 Å². The molecule has 1 fully saturated rings. The Morgan fingerprint density at radius 3 is 2.81 bits per heavy atom. The molecule has 0 saturated heterocycles. The molecule has 3 rings (SSSR count). The third-order valence-electron chi connectivity index (χ3n) is 4.89. The lowest BCUT2D eigenvalue weighted by molar-refractivity contribution is 0.00155. The average Bonchev–Trinajstić information content (AvgIpc) is 2.89. The van der Waals surface area contributed by atoms with E-state index in [-0.39, 0.29) is 0 Å². The number of hydrogen-bond acceptors (Lipinski definition) is 4. The van der Waals surface area contributed by atoms with Crippen LogP contribution in [-0.2, 0) is 13.0 Å². The van der Waals surface area contributed by atoms with Crippen molar-refractivity contribution >= 4 is 0 Å². The number of aromatic nitrogens is 3. The number of nitrogens with one attached hydrogen (secondary N) is 1. The number of aliphatic hydroxyl groups is 1. The van der Waals surface area contributed by atoms with Crippen LogP contribution in [0.4, 0.5) is 0 Å². The molecule has 0 aromatic carbocycles. The van der Waals surface area contributed by atoms with Crippen molar-refractivity contribution in [3.05, 3.63) is 11.6 Å². The Hall–Kier alpha value is -0.940. The first-order valence-corrected chi connectivity index (χ1v) is 8.45. The zero-order valence-electron chi connectivity index (χ0n) is 13.3. The van der Waals surface area contributed by atoms with E-state index < -0.39 is 5.60 Å². The van der Waals surface area contributed by atoms with Gasteiger partial charge in [0.05, 0.1) is 12.1 Å². The maximum absolute atomic E-state index is 10.6. The molecular weight excluding hydrogens is 264 g/mol. The molecule has 1 saturated carbocycles. The summed E-state index contributed by atoms with van der Waals surface area (Å²) >= 11 is 0. The van der Waals surface area contributed by atoms with Crippen molar-refractivity contribution in [1.29, 1.82) is 0 Å². The first-order valence-electron chi connectivity index (χ1n) is 8.45. The van der Waals surface area contributed by atoms with Crippen LogP contribution in [0, 0.1) is 0 Å². The smallest absolute Gasteiger partial charge is 0.153 e. The molecule has 2 N–H and O–H groups in total. The third-order valence-corrected chi connectivity index (χ3v) is 4.89. The van der Waals surface area contributed by atoms with E-state index in [0.717, 1.165) is 63.3 Å². The van der Waals surface area contributed by atoms with E-state index in [4.69, 9.17) is 0 Å². The zero-order valence-corrected chi connectivity index (χ0v) is 13.3. The van der Waals surface area contributed by atoms with Gasteiger partial charge >= 0.3 is 0 Å². The molecule has 0 radical (unpaired) electrons. The summed E-state index contributed by atoms with van der Waals surface area (Å²) in [5.74, 6) is 2.46. The van der Waals surface area contributed by atoms with Crippen LogP contribution in [-0.4, -0.2) is 38.1 Å². The van der Waals surface area contributed by atoms with Crippen LogP contribution < -0.4 is 5.32 Å². The van der Waals surface area contributed by atoms with E-state index in [9.17, 15) is 5.11 Å². The van der Waals surface area contributed by atoms with Crippen molar-refractivity contribution in [3.8, 4) is 0 Å². The average molecular weight is 292 g/mol. The predicted molar refractivity (Wildman–Crippen MR) is 82.3 cm³/mol. The molecule has 2 aliphatic rings. The number of hydrogen-bond donors (Lipinski definition) is 2. The summed E-state index contributed by atoms with van der Waals surface area (Å²) in [5.41, 5.74) is -0.482. The van der Waals surface area contributed by atoms with Gasteiger partial charge in [-0.25, -0.2) is 9.67 Å². The first-order chi connectivity index (χ1) is 10.1. The van der Waals surface area contributed by atoms with E-state index in [1.165, 1.54) is 6.42 Å². The summed E-state index contributed by atoms with van der Waals surface area (Å²) in [6, 6.07) is 0.408. The van der Waals surface area contributed by atoms with Crippen LogP contribution in [0.15, 0.2) is 0 Å². The number of rotatable bonds is 4. The highest BCUT2D eigenvalue weighted by Gasteiger charge is 2.30. The molecule has 1 aromatic rings. The summed E-state index contributed by atoms with van der Waals surface area (Å²) < 4.78 is 2.06. The van der Waals surface area contributed by atoms with Crippen LogP contribution in [0.3, 0.4) is 0 Å². The highest BCUT2D eigenvalue weighted by atomic mass is 16.3. The maximum atomic E-state index is 10.6. The molecule has 2 heterocycles. The fourth-order valence-electron chi connectivity index (χ4n) is 3.46. The standard InChI is InChI=1S/C16H28N4O/c1-12(2)15-18-14-7-6-13(10-20(14)19-15)17-11-16(21)8-4-3-5-9-16/h12-13,17,21H,3-11H2,1-2H3/t13-/m0/s1. The molecule has 0 unspecified atom stereocenters. The molecule has 0 amide bonds. The van der Waals surface area contributed by atoms with Crippen LogP contribution >= 0.6 is 0 Å². The Labute approximate surface area is 127 Å². The fourth-order valence-corrected chi connectivity index (χ4v) is 3.46. The molecule has 21 heavy (non-hydrogen) atoms. The van der Waals surface area contributed by atoms with Gasteiger partial charge < -0.3 is 10.4 Å². The Morgan fingerprint density at radius 1 is 1.33 bits per heavy atom. The van der Waals surface area contributed by atoms with E-state index in [2.05, 4.69) is 33.9 Å². The number of nitrogens with zero attached hydrogens (tertiary/aromatic N) is 3. The molecule has 5 nitrogen and oxygen atoms in total. The minimum absolute atomic E-state index is 0.387. The SMILES string of the molecule is CC(C)c1nc2n(n1)C[C@@H](NCC1(O)CCCCC1)CC2. The largest absolute Gasteiger partial charge is 0.389 e. The summed E-state index contributed by atoms with van der Waals surface area (Å²) in [7, 11) is 0. The van der Waals surface area contributed by atoms with Crippen molar-refractivity contribution in [1.82, 2.24) is 20.1 Å². The van der Waals surface area contributed by atoms with Gasteiger partial charge in [0.25, 0.3) is 0 Å². The Balaban J connectivity index is 1.56. The van der Waals surface area contributed by atoms with Gasteiger partial charge in [-0.3, -0.25) is 0 Å². The summed E-state index contributed by atoms with van der Waals surface area (Å²) in [4.78, 5) is 4.62. The zero-order chi connectivity index (χ0) is 14.9. The molecule has 1 aliphatic heterocycles. The molecule has 5 heteroatoms. The summed E-state index contributed by atoms with van der Waals surface area (Å²) in [6.07, 6.45) is 7.55. The lowest BCUT2D eigenvalue weighted by atomic mass is 9.84. The number of fused-ring (bicyclic) bond motifs is 1. The van der Waals surface area contributed by atoms with Gasteiger partial charge in [0.1, 0.15) is 5.82 Å². The quantitative estimate of drug-likeness (QED) is 0.891. The highest BCUT2D eigenvalue weighted by Crippen LogP contribution is 2.27. The fraction of sp³-hybridized carbons (Fsp3) is 0.875. The summed E-state index contributed by atoms with van der Waals surface area (Å²) in [6.45, 7) is 5.87. The monoisotopic (exact) mass is 292 g/mol. The van der Waals surface area contributed by atoms with Crippen molar-refractivity contribution in [3.63, 3.8) is 0 Å². The molecule has 118 valence electrons. The third kappa shape index (κ3) is 3.46. The van der Waals surface area contributed by atoms with E-state index >= 15 is 0 Å².